The molecule has 0 saturated carbocycles. The number of amides is 1. The lowest BCUT2D eigenvalue weighted by atomic mass is 10.1. The van der Waals surface area contributed by atoms with Crippen LogP contribution in [0.5, 0.6) is 0 Å². The van der Waals surface area contributed by atoms with Crippen molar-refractivity contribution >= 4 is 38.9 Å². The molecule has 2 heterocycles. The van der Waals surface area contributed by atoms with Gasteiger partial charge in [0.15, 0.2) is 0 Å². The van der Waals surface area contributed by atoms with Crippen molar-refractivity contribution in [2.24, 2.45) is 0 Å². The third kappa shape index (κ3) is 2.55. The number of thiophene rings is 1. The van der Waals surface area contributed by atoms with E-state index in [4.69, 9.17) is 16.3 Å². The second-order valence-corrected chi connectivity index (χ2v) is 6.49. The molecule has 1 aromatic carbocycles. The molecule has 1 fully saturated rings. The van der Waals surface area contributed by atoms with Crippen LogP contribution in [-0.2, 0) is 4.74 Å². The number of benzene rings is 1. The highest BCUT2D eigenvalue weighted by molar-refractivity contribution is 7.21. The zero-order chi connectivity index (χ0) is 14.1. The number of carbonyl (C=O) groups is 1. The Labute approximate surface area is 126 Å². The van der Waals surface area contributed by atoms with E-state index in [2.05, 4.69) is 5.32 Å². The molecule has 106 valence electrons. The molecule has 0 radical (unpaired) electrons. The fourth-order valence-corrected chi connectivity index (χ4v) is 3.94. The molecule has 5 heteroatoms. The molecular weight excluding hydrogens is 294 g/mol. The van der Waals surface area contributed by atoms with Gasteiger partial charge in [-0.15, -0.1) is 11.3 Å². The SMILES string of the molecule is C[C@H](NC(=O)c1sc2ccccc2c1Cl)[C@@H]1CCCO1. The lowest BCUT2D eigenvalue weighted by Gasteiger charge is -2.19. The van der Waals surface area contributed by atoms with E-state index in [1.807, 2.05) is 31.2 Å². The van der Waals surface area contributed by atoms with Gasteiger partial charge in [-0.25, -0.2) is 0 Å². The van der Waals surface area contributed by atoms with Crippen molar-refractivity contribution in [3.8, 4) is 0 Å². The Morgan fingerprint density at radius 3 is 3.00 bits per heavy atom. The first kappa shape index (κ1) is 13.9. The zero-order valence-electron chi connectivity index (χ0n) is 11.2. The van der Waals surface area contributed by atoms with E-state index < -0.39 is 0 Å². The Morgan fingerprint density at radius 2 is 2.30 bits per heavy atom. The lowest BCUT2D eigenvalue weighted by molar-refractivity contribution is 0.0715. The molecule has 0 spiro atoms. The maximum absolute atomic E-state index is 12.4. The minimum Gasteiger partial charge on any atom is -0.376 e. The van der Waals surface area contributed by atoms with Crippen molar-refractivity contribution in [3.05, 3.63) is 34.2 Å². The van der Waals surface area contributed by atoms with Crippen molar-refractivity contribution in [1.29, 1.82) is 0 Å². The third-order valence-electron chi connectivity index (χ3n) is 3.62. The smallest absolute Gasteiger partial charge is 0.263 e. The Kier molecular flexibility index (Phi) is 3.96. The Morgan fingerprint density at radius 1 is 1.50 bits per heavy atom. The molecule has 1 aliphatic heterocycles. The number of hydrogen-bond acceptors (Lipinski definition) is 3. The summed E-state index contributed by atoms with van der Waals surface area (Å²) >= 11 is 7.75. The second kappa shape index (κ2) is 5.72. The van der Waals surface area contributed by atoms with E-state index in [0.29, 0.717) is 9.90 Å². The van der Waals surface area contributed by atoms with Crippen LogP contribution >= 0.6 is 22.9 Å². The summed E-state index contributed by atoms with van der Waals surface area (Å²) in [5, 5.41) is 4.49. The van der Waals surface area contributed by atoms with Crippen LogP contribution in [0.1, 0.15) is 29.4 Å². The maximum atomic E-state index is 12.4. The predicted octanol–water partition coefficient (Wildman–Crippen LogP) is 3.85. The van der Waals surface area contributed by atoms with Crippen LogP contribution in [0.4, 0.5) is 0 Å². The van der Waals surface area contributed by atoms with Crippen LogP contribution in [0.25, 0.3) is 10.1 Å². The average molecular weight is 310 g/mol. The second-order valence-electron chi connectivity index (χ2n) is 5.05. The maximum Gasteiger partial charge on any atom is 0.263 e. The molecule has 2 aromatic rings. The first-order valence-electron chi connectivity index (χ1n) is 6.76. The molecule has 3 rings (SSSR count). The van der Waals surface area contributed by atoms with Crippen molar-refractivity contribution in [2.75, 3.05) is 6.61 Å². The highest BCUT2D eigenvalue weighted by Crippen LogP contribution is 2.35. The van der Waals surface area contributed by atoms with Gasteiger partial charge in [-0.3, -0.25) is 4.79 Å². The van der Waals surface area contributed by atoms with Crippen molar-refractivity contribution in [3.63, 3.8) is 0 Å². The fourth-order valence-electron chi connectivity index (χ4n) is 2.52. The molecule has 0 aliphatic carbocycles. The van der Waals surface area contributed by atoms with Gasteiger partial charge in [-0.1, -0.05) is 29.8 Å². The minimum absolute atomic E-state index is 0.00581. The number of fused-ring (bicyclic) bond motifs is 1. The topological polar surface area (TPSA) is 38.3 Å². The summed E-state index contributed by atoms with van der Waals surface area (Å²) in [5.74, 6) is -0.112. The number of ether oxygens (including phenoxy) is 1. The van der Waals surface area contributed by atoms with Gasteiger partial charge < -0.3 is 10.1 Å². The standard InChI is InChI=1S/C15H16ClNO2S/c1-9(11-6-4-8-19-11)17-15(18)14-13(16)10-5-2-3-7-12(10)20-14/h2-3,5,7,9,11H,4,6,8H2,1H3,(H,17,18)/t9-,11-/m0/s1. The van der Waals surface area contributed by atoms with Crippen LogP contribution in [0.15, 0.2) is 24.3 Å². The molecule has 2 atom stereocenters. The van der Waals surface area contributed by atoms with E-state index in [-0.39, 0.29) is 18.1 Å². The summed E-state index contributed by atoms with van der Waals surface area (Å²) in [5.41, 5.74) is 0. The van der Waals surface area contributed by atoms with Crippen LogP contribution < -0.4 is 5.32 Å². The number of carbonyl (C=O) groups excluding carboxylic acids is 1. The van der Waals surface area contributed by atoms with Crippen molar-refractivity contribution in [2.45, 2.75) is 31.9 Å². The van der Waals surface area contributed by atoms with Crippen LogP contribution in [-0.4, -0.2) is 24.7 Å². The van der Waals surface area contributed by atoms with Gasteiger partial charge in [0.25, 0.3) is 5.91 Å². The van der Waals surface area contributed by atoms with Gasteiger partial charge in [0.05, 0.1) is 17.2 Å². The van der Waals surface area contributed by atoms with Gasteiger partial charge in [-0.05, 0) is 25.8 Å². The highest BCUT2D eigenvalue weighted by Gasteiger charge is 2.25. The van der Waals surface area contributed by atoms with Gasteiger partial charge in [0.1, 0.15) is 4.88 Å². The Balaban J connectivity index is 1.80. The third-order valence-corrected chi connectivity index (χ3v) is 5.30. The highest BCUT2D eigenvalue weighted by atomic mass is 35.5. The van der Waals surface area contributed by atoms with E-state index >= 15 is 0 Å². The molecule has 1 aromatic heterocycles. The first-order valence-corrected chi connectivity index (χ1v) is 7.96. The number of nitrogens with one attached hydrogen (secondary N) is 1. The van der Waals surface area contributed by atoms with Crippen molar-refractivity contribution in [1.82, 2.24) is 5.32 Å². The van der Waals surface area contributed by atoms with Gasteiger partial charge in [0, 0.05) is 16.7 Å². The molecule has 20 heavy (non-hydrogen) atoms. The molecule has 1 saturated heterocycles. The molecule has 0 unspecified atom stereocenters. The van der Waals surface area contributed by atoms with Gasteiger partial charge in [0.2, 0.25) is 0 Å². The summed E-state index contributed by atoms with van der Waals surface area (Å²) in [4.78, 5) is 12.9. The fraction of sp³-hybridized carbons (Fsp3) is 0.400. The van der Waals surface area contributed by atoms with Gasteiger partial charge in [-0.2, -0.15) is 0 Å². The quantitative estimate of drug-likeness (QED) is 0.935. The number of hydrogen-bond donors (Lipinski definition) is 1. The lowest BCUT2D eigenvalue weighted by Crippen LogP contribution is -2.40. The summed E-state index contributed by atoms with van der Waals surface area (Å²) < 4.78 is 6.63. The molecule has 1 amide bonds. The molecule has 1 aliphatic rings. The first-order chi connectivity index (χ1) is 9.66. The average Bonchev–Trinajstić information content (AvgIpc) is 3.07. The van der Waals surface area contributed by atoms with Crippen LogP contribution in [0, 0.1) is 0 Å². The number of halogens is 1. The van der Waals surface area contributed by atoms with E-state index in [0.717, 1.165) is 29.5 Å². The summed E-state index contributed by atoms with van der Waals surface area (Å²) in [7, 11) is 0. The number of rotatable bonds is 3. The monoisotopic (exact) mass is 309 g/mol. The molecule has 0 bridgehead atoms. The summed E-state index contributed by atoms with van der Waals surface area (Å²) in [6.07, 6.45) is 2.18. The Bertz CT molecular complexity index is 634. The van der Waals surface area contributed by atoms with Gasteiger partial charge >= 0.3 is 0 Å². The normalized spacial score (nSPS) is 20.2. The minimum atomic E-state index is -0.112. The van der Waals surface area contributed by atoms with E-state index in [1.54, 1.807) is 0 Å². The molecule has 3 nitrogen and oxygen atoms in total. The zero-order valence-corrected chi connectivity index (χ0v) is 12.8. The van der Waals surface area contributed by atoms with Crippen molar-refractivity contribution < 1.29 is 9.53 Å². The molecule has 1 N–H and O–H groups in total. The van der Waals surface area contributed by atoms with Crippen LogP contribution in [0.2, 0.25) is 5.02 Å². The predicted molar refractivity (Wildman–Crippen MR) is 82.7 cm³/mol. The van der Waals surface area contributed by atoms with E-state index in [1.165, 1.54) is 11.3 Å². The van der Waals surface area contributed by atoms with E-state index in [9.17, 15) is 4.79 Å². The summed E-state index contributed by atoms with van der Waals surface area (Å²) in [6.45, 7) is 2.77. The largest absolute Gasteiger partial charge is 0.376 e. The molecular formula is C15H16ClNO2S. The Hall–Kier alpha value is -1.10. The van der Waals surface area contributed by atoms with Crippen LogP contribution in [0.3, 0.4) is 0 Å². The summed E-state index contributed by atoms with van der Waals surface area (Å²) in [6, 6.07) is 7.80.